The average molecular weight is 138 g/mol. The van der Waals surface area contributed by atoms with Crippen LogP contribution < -0.4 is 5.32 Å². The molecule has 0 bridgehead atoms. The summed E-state index contributed by atoms with van der Waals surface area (Å²) in [4.78, 5) is 2.21. The van der Waals surface area contributed by atoms with Crippen LogP contribution in [-0.4, -0.2) is 25.7 Å². The Morgan fingerprint density at radius 1 is 1.70 bits per heavy atom. The molecule has 0 atom stereocenters. The highest BCUT2D eigenvalue weighted by Gasteiger charge is 2.02. The highest BCUT2D eigenvalue weighted by molar-refractivity contribution is 5.21. The molecule has 56 valence electrons. The van der Waals surface area contributed by atoms with Crippen LogP contribution in [0.5, 0.6) is 0 Å². The van der Waals surface area contributed by atoms with Crippen LogP contribution in [0.2, 0.25) is 0 Å². The number of hydrogen-bond donors (Lipinski definition) is 1. The quantitative estimate of drug-likeness (QED) is 0.584. The molecule has 0 aromatic carbocycles. The fourth-order valence-corrected chi connectivity index (χ4v) is 1.06. The van der Waals surface area contributed by atoms with E-state index in [1.54, 1.807) is 0 Å². The first-order valence-corrected chi connectivity index (χ1v) is 3.56. The van der Waals surface area contributed by atoms with Gasteiger partial charge < -0.3 is 10.2 Å². The lowest BCUT2D eigenvalue weighted by atomic mass is 10.3. The Hall–Kier alpha value is -0.760. The van der Waals surface area contributed by atoms with E-state index in [1.807, 2.05) is 7.05 Å². The van der Waals surface area contributed by atoms with Crippen molar-refractivity contribution in [3.8, 4) is 0 Å². The number of hydrogen-bond acceptors (Lipinski definition) is 2. The maximum absolute atomic E-state index is 3.10. The van der Waals surface area contributed by atoms with Gasteiger partial charge in [0.2, 0.25) is 0 Å². The molecule has 1 aliphatic rings. The molecule has 0 fully saturated rings. The Morgan fingerprint density at radius 2 is 2.50 bits per heavy atom. The molecule has 0 aromatic rings. The van der Waals surface area contributed by atoms with Gasteiger partial charge in [-0.25, -0.2) is 0 Å². The van der Waals surface area contributed by atoms with Crippen molar-refractivity contribution in [3.63, 3.8) is 0 Å². The fraction of sp³-hybridized carbons (Fsp3) is 0.500. The van der Waals surface area contributed by atoms with Crippen LogP contribution in [0.1, 0.15) is 6.42 Å². The van der Waals surface area contributed by atoms with Crippen molar-refractivity contribution in [1.82, 2.24) is 10.2 Å². The fourth-order valence-electron chi connectivity index (χ4n) is 1.06. The topological polar surface area (TPSA) is 15.3 Å². The predicted octanol–water partition coefficient (Wildman–Crippen LogP) is 0.939. The van der Waals surface area contributed by atoms with Crippen LogP contribution in [0.4, 0.5) is 0 Å². The summed E-state index contributed by atoms with van der Waals surface area (Å²) in [6.45, 7) is 0.924. The molecule has 1 aliphatic carbocycles. The van der Waals surface area contributed by atoms with Crippen LogP contribution >= 0.6 is 0 Å². The molecule has 10 heavy (non-hydrogen) atoms. The largest absolute Gasteiger partial charge is 0.365 e. The van der Waals surface area contributed by atoms with E-state index in [9.17, 15) is 0 Å². The van der Waals surface area contributed by atoms with Crippen LogP contribution in [0.15, 0.2) is 23.9 Å². The lowest BCUT2D eigenvalue weighted by Crippen LogP contribution is -2.27. The van der Waals surface area contributed by atoms with Gasteiger partial charge in [-0.05, 0) is 13.1 Å². The summed E-state index contributed by atoms with van der Waals surface area (Å²) >= 11 is 0. The summed E-state index contributed by atoms with van der Waals surface area (Å²) in [6, 6.07) is 0. The minimum Gasteiger partial charge on any atom is -0.365 e. The van der Waals surface area contributed by atoms with E-state index >= 15 is 0 Å². The van der Waals surface area contributed by atoms with Crippen LogP contribution in [0.3, 0.4) is 0 Å². The van der Waals surface area contributed by atoms with Crippen LogP contribution in [-0.2, 0) is 0 Å². The third kappa shape index (κ3) is 1.61. The van der Waals surface area contributed by atoms with Crippen molar-refractivity contribution in [3.05, 3.63) is 23.9 Å². The van der Waals surface area contributed by atoms with E-state index < -0.39 is 0 Å². The van der Waals surface area contributed by atoms with Crippen LogP contribution in [0.25, 0.3) is 0 Å². The second-order valence-corrected chi connectivity index (χ2v) is 2.50. The summed E-state index contributed by atoms with van der Waals surface area (Å²) < 4.78 is 0. The molecule has 0 aliphatic heterocycles. The third-order valence-electron chi connectivity index (χ3n) is 1.64. The van der Waals surface area contributed by atoms with Crippen LogP contribution in [0, 0.1) is 0 Å². The van der Waals surface area contributed by atoms with E-state index in [-0.39, 0.29) is 0 Å². The molecular formula is C8H14N2. The van der Waals surface area contributed by atoms with E-state index in [2.05, 4.69) is 35.5 Å². The minimum absolute atomic E-state index is 0.924. The van der Waals surface area contributed by atoms with E-state index in [0.29, 0.717) is 0 Å². The van der Waals surface area contributed by atoms with Gasteiger partial charge in [-0.2, -0.15) is 0 Å². The first kappa shape index (κ1) is 7.35. The number of nitrogens with one attached hydrogen (secondary N) is 1. The average Bonchev–Trinajstić information content (AvgIpc) is 2.38. The monoisotopic (exact) mass is 138 g/mol. The third-order valence-corrected chi connectivity index (χ3v) is 1.64. The highest BCUT2D eigenvalue weighted by Crippen LogP contribution is 2.12. The summed E-state index contributed by atoms with van der Waals surface area (Å²) in [5.41, 5.74) is 1.38. The van der Waals surface area contributed by atoms with Gasteiger partial charge >= 0.3 is 0 Å². The van der Waals surface area contributed by atoms with Gasteiger partial charge in [0.1, 0.15) is 0 Å². The zero-order valence-corrected chi connectivity index (χ0v) is 6.59. The maximum Gasteiger partial charge on any atom is 0.0673 e. The minimum atomic E-state index is 0.924. The van der Waals surface area contributed by atoms with E-state index in [1.165, 1.54) is 5.70 Å². The number of allylic oxidation sites excluding steroid dienone is 3. The smallest absolute Gasteiger partial charge is 0.0673 e. The van der Waals surface area contributed by atoms with Crippen molar-refractivity contribution in [2.75, 3.05) is 20.8 Å². The zero-order valence-electron chi connectivity index (χ0n) is 6.59. The molecule has 1 N–H and O–H groups in total. The molecule has 0 radical (unpaired) electrons. The molecule has 0 saturated heterocycles. The molecule has 0 aromatic heterocycles. The second-order valence-electron chi connectivity index (χ2n) is 2.50. The maximum atomic E-state index is 3.10. The normalized spacial score (nSPS) is 15.6. The summed E-state index contributed by atoms with van der Waals surface area (Å²) in [6.07, 6.45) is 7.50. The lowest BCUT2D eigenvalue weighted by Gasteiger charge is -2.19. The Kier molecular flexibility index (Phi) is 2.51. The van der Waals surface area contributed by atoms with E-state index in [4.69, 9.17) is 0 Å². The number of nitrogens with zero attached hydrogens (tertiary/aromatic N) is 1. The summed E-state index contributed by atoms with van der Waals surface area (Å²) in [7, 11) is 4.05. The van der Waals surface area contributed by atoms with Gasteiger partial charge in [-0.15, -0.1) is 0 Å². The van der Waals surface area contributed by atoms with Crippen molar-refractivity contribution >= 4 is 0 Å². The summed E-state index contributed by atoms with van der Waals surface area (Å²) in [5, 5.41) is 3.10. The first-order chi connectivity index (χ1) is 4.84. The number of rotatable bonds is 3. The molecule has 0 unspecified atom stereocenters. The van der Waals surface area contributed by atoms with Crippen molar-refractivity contribution in [2.45, 2.75) is 6.42 Å². The van der Waals surface area contributed by atoms with Crippen molar-refractivity contribution in [1.29, 1.82) is 0 Å². The van der Waals surface area contributed by atoms with Gasteiger partial charge in [0, 0.05) is 19.2 Å². The molecule has 1 rings (SSSR count). The highest BCUT2D eigenvalue weighted by atomic mass is 15.2. The Labute approximate surface area is 62.2 Å². The van der Waals surface area contributed by atoms with Crippen molar-refractivity contribution < 1.29 is 0 Å². The standard InChI is InChI=1S/C8H14N2/c1-9-7-10(2)8-5-3-4-6-8/h3-5,9H,6-7H2,1-2H3. The molecule has 0 amide bonds. The second kappa shape index (κ2) is 3.42. The Bertz CT molecular complexity index is 159. The van der Waals surface area contributed by atoms with Gasteiger partial charge in [0.05, 0.1) is 6.67 Å². The SMILES string of the molecule is CNCN(C)C1=CC=CC1. The molecule has 0 saturated carbocycles. The molecule has 0 spiro atoms. The van der Waals surface area contributed by atoms with Crippen molar-refractivity contribution in [2.24, 2.45) is 0 Å². The molecular weight excluding hydrogens is 124 g/mol. The van der Waals surface area contributed by atoms with Gasteiger partial charge in [0.25, 0.3) is 0 Å². The molecule has 2 nitrogen and oxygen atoms in total. The molecule has 0 heterocycles. The first-order valence-electron chi connectivity index (χ1n) is 3.56. The molecule has 2 heteroatoms. The Balaban J connectivity index is 2.35. The van der Waals surface area contributed by atoms with Gasteiger partial charge in [0.15, 0.2) is 0 Å². The lowest BCUT2D eigenvalue weighted by molar-refractivity contribution is 0.388. The summed E-state index contributed by atoms with van der Waals surface area (Å²) in [5.74, 6) is 0. The van der Waals surface area contributed by atoms with Gasteiger partial charge in [-0.1, -0.05) is 12.2 Å². The zero-order chi connectivity index (χ0) is 7.40. The van der Waals surface area contributed by atoms with Gasteiger partial charge in [-0.3, -0.25) is 0 Å². The Morgan fingerprint density at radius 3 is 3.00 bits per heavy atom. The predicted molar refractivity (Wildman–Crippen MR) is 43.5 cm³/mol. The van der Waals surface area contributed by atoms with E-state index in [0.717, 1.165) is 13.1 Å².